The molecule has 2 heterocycles. The summed E-state index contributed by atoms with van der Waals surface area (Å²) in [6.45, 7) is 7.40. The van der Waals surface area contributed by atoms with Crippen molar-refractivity contribution in [1.82, 2.24) is 9.55 Å². The monoisotopic (exact) mass is 341 g/mol. The van der Waals surface area contributed by atoms with E-state index in [0.717, 1.165) is 16.7 Å². The molecule has 2 N–H and O–H groups in total. The van der Waals surface area contributed by atoms with Gasteiger partial charge in [0.15, 0.2) is 0 Å². The maximum absolute atomic E-state index is 13.1. The van der Waals surface area contributed by atoms with Gasteiger partial charge in [-0.2, -0.15) is 0 Å². The van der Waals surface area contributed by atoms with Crippen LogP contribution in [0.5, 0.6) is 0 Å². The van der Waals surface area contributed by atoms with E-state index in [-0.39, 0.29) is 5.56 Å². The van der Waals surface area contributed by atoms with Gasteiger partial charge >= 0.3 is 0 Å². The second-order valence-corrected chi connectivity index (χ2v) is 6.92. The van der Waals surface area contributed by atoms with E-state index in [1.807, 2.05) is 31.4 Å². The van der Waals surface area contributed by atoms with Crippen molar-refractivity contribution in [1.29, 1.82) is 0 Å². The molecule has 0 aliphatic rings. The highest BCUT2D eigenvalue weighted by atomic mass is 32.1. The SMILES string of the molecule is Cc1ccc(-c2csc3nc(C)n(C(C)C(N)=O)c(=O)c23)c(C)c1. The van der Waals surface area contributed by atoms with Gasteiger partial charge in [-0.3, -0.25) is 14.2 Å². The molecule has 1 unspecified atom stereocenters. The summed E-state index contributed by atoms with van der Waals surface area (Å²) in [5, 5.41) is 2.50. The first-order valence-electron chi connectivity index (χ1n) is 7.68. The lowest BCUT2D eigenvalue weighted by molar-refractivity contribution is -0.120. The smallest absolute Gasteiger partial charge is 0.263 e. The summed E-state index contributed by atoms with van der Waals surface area (Å²) in [6.07, 6.45) is 0. The Hall–Kier alpha value is -2.47. The summed E-state index contributed by atoms with van der Waals surface area (Å²) in [4.78, 5) is 29.8. The molecule has 6 heteroatoms. The van der Waals surface area contributed by atoms with E-state index >= 15 is 0 Å². The summed E-state index contributed by atoms with van der Waals surface area (Å²) in [7, 11) is 0. The van der Waals surface area contributed by atoms with E-state index in [2.05, 4.69) is 11.1 Å². The van der Waals surface area contributed by atoms with Gasteiger partial charge in [0.1, 0.15) is 16.7 Å². The van der Waals surface area contributed by atoms with E-state index in [1.165, 1.54) is 21.5 Å². The number of aromatic nitrogens is 2. The number of nitrogens with zero attached hydrogens (tertiary/aromatic N) is 2. The first-order valence-corrected chi connectivity index (χ1v) is 8.56. The lowest BCUT2D eigenvalue weighted by atomic mass is 9.99. The summed E-state index contributed by atoms with van der Waals surface area (Å²) >= 11 is 1.44. The minimum atomic E-state index is -0.735. The fourth-order valence-corrected chi connectivity index (χ4v) is 3.98. The highest BCUT2D eigenvalue weighted by Gasteiger charge is 2.21. The van der Waals surface area contributed by atoms with Crippen molar-refractivity contribution in [3.63, 3.8) is 0 Å². The predicted molar refractivity (Wildman–Crippen MR) is 97.4 cm³/mol. The van der Waals surface area contributed by atoms with E-state index < -0.39 is 11.9 Å². The molecule has 0 saturated heterocycles. The Kier molecular flexibility index (Phi) is 4.01. The molecule has 0 fully saturated rings. The van der Waals surface area contributed by atoms with Crippen molar-refractivity contribution < 1.29 is 4.79 Å². The molecule has 1 atom stereocenters. The number of primary amides is 1. The zero-order valence-electron chi connectivity index (χ0n) is 14.1. The number of fused-ring (bicyclic) bond motifs is 1. The van der Waals surface area contributed by atoms with Crippen LogP contribution in [-0.4, -0.2) is 15.5 Å². The third kappa shape index (κ3) is 2.53. The van der Waals surface area contributed by atoms with Crippen LogP contribution >= 0.6 is 11.3 Å². The number of aryl methyl sites for hydroxylation is 3. The molecule has 24 heavy (non-hydrogen) atoms. The van der Waals surface area contributed by atoms with Crippen molar-refractivity contribution in [3.05, 3.63) is 50.9 Å². The fourth-order valence-electron chi connectivity index (χ4n) is 3.00. The molecule has 1 aromatic carbocycles. The van der Waals surface area contributed by atoms with Crippen molar-refractivity contribution in [2.75, 3.05) is 0 Å². The van der Waals surface area contributed by atoms with E-state index in [4.69, 9.17) is 5.73 Å². The normalized spacial score (nSPS) is 12.5. The maximum Gasteiger partial charge on any atom is 0.263 e. The van der Waals surface area contributed by atoms with Crippen molar-refractivity contribution in [3.8, 4) is 11.1 Å². The lowest BCUT2D eigenvalue weighted by Crippen LogP contribution is -2.34. The molecule has 3 rings (SSSR count). The van der Waals surface area contributed by atoms with Crippen LogP contribution in [-0.2, 0) is 4.79 Å². The average Bonchev–Trinajstić information content (AvgIpc) is 2.90. The third-order valence-electron chi connectivity index (χ3n) is 4.29. The molecule has 1 amide bonds. The molecule has 0 spiro atoms. The summed E-state index contributed by atoms with van der Waals surface area (Å²) in [6, 6.07) is 5.40. The van der Waals surface area contributed by atoms with Gasteiger partial charge in [-0.15, -0.1) is 11.3 Å². The van der Waals surface area contributed by atoms with Crippen LogP contribution in [0.2, 0.25) is 0 Å². The summed E-state index contributed by atoms with van der Waals surface area (Å²) < 4.78 is 1.38. The Morgan fingerprint density at radius 2 is 1.96 bits per heavy atom. The lowest BCUT2D eigenvalue weighted by Gasteiger charge is -2.15. The molecule has 2 aromatic heterocycles. The number of benzene rings is 1. The van der Waals surface area contributed by atoms with Gasteiger partial charge in [0.2, 0.25) is 5.91 Å². The minimum absolute atomic E-state index is 0.222. The first kappa shape index (κ1) is 16.4. The number of hydrogen-bond donors (Lipinski definition) is 1. The van der Waals surface area contributed by atoms with Crippen molar-refractivity contribution in [2.45, 2.75) is 33.7 Å². The van der Waals surface area contributed by atoms with Gasteiger partial charge in [-0.05, 0) is 38.8 Å². The van der Waals surface area contributed by atoms with Crippen LogP contribution in [0, 0.1) is 20.8 Å². The Morgan fingerprint density at radius 3 is 2.58 bits per heavy atom. The molecule has 0 radical (unpaired) electrons. The van der Waals surface area contributed by atoms with Crippen LogP contribution in [0.1, 0.15) is 29.9 Å². The van der Waals surface area contributed by atoms with Gasteiger partial charge in [0.25, 0.3) is 5.56 Å². The molecule has 5 nitrogen and oxygen atoms in total. The third-order valence-corrected chi connectivity index (χ3v) is 5.16. The number of nitrogens with two attached hydrogens (primary N) is 1. The molecule has 0 aliphatic heterocycles. The largest absolute Gasteiger partial charge is 0.368 e. The minimum Gasteiger partial charge on any atom is -0.368 e. The van der Waals surface area contributed by atoms with Crippen LogP contribution < -0.4 is 11.3 Å². The molecule has 0 saturated carbocycles. The zero-order valence-corrected chi connectivity index (χ0v) is 14.9. The molecular formula is C18H19N3O2S. The zero-order chi connectivity index (χ0) is 17.6. The standard InChI is InChI=1S/C18H19N3O2S/c1-9-5-6-13(10(2)7-9)14-8-24-17-15(14)18(23)21(12(4)20-17)11(3)16(19)22/h5-8,11H,1-4H3,(H2,19,22). The molecule has 3 aromatic rings. The quantitative estimate of drug-likeness (QED) is 0.795. The average molecular weight is 341 g/mol. The summed E-state index contributed by atoms with van der Waals surface area (Å²) in [5.74, 6) is -0.0579. The number of carbonyl (C=O) groups excluding carboxylic acids is 1. The highest BCUT2D eigenvalue weighted by Crippen LogP contribution is 2.33. The molecule has 0 bridgehead atoms. The van der Waals surface area contributed by atoms with Gasteiger partial charge in [-0.1, -0.05) is 23.8 Å². The van der Waals surface area contributed by atoms with E-state index in [9.17, 15) is 9.59 Å². The Balaban J connectivity index is 2.35. The molecule has 124 valence electrons. The van der Waals surface area contributed by atoms with Gasteiger partial charge < -0.3 is 5.73 Å². The van der Waals surface area contributed by atoms with Gasteiger partial charge in [-0.25, -0.2) is 4.98 Å². The number of hydrogen-bond acceptors (Lipinski definition) is 4. The fraction of sp³-hybridized carbons (Fsp3) is 0.278. The van der Waals surface area contributed by atoms with Crippen LogP contribution in [0.4, 0.5) is 0 Å². The number of rotatable bonds is 3. The highest BCUT2D eigenvalue weighted by molar-refractivity contribution is 7.17. The van der Waals surface area contributed by atoms with Crippen LogP contribution in [0.25, 0.3) is 21.3 Å². The van der Waals surface area contributed by atoms with E-state index in [0.29, 0.717) is 16.0 Å². The van der Waals surface area contributed by atoms with Crippen LogP contribution in [0.3, 0.4) is 0 Å². The maximum atomic E-state index is 13.1. The van der Waals surface area contributed by atoms with Crippen molar-refractivity contribution in [2.24, 2.45) is 5.73 Å². The van der Waals surface area contributed by atoms with Crippen molar-refractivity contribution >= 4 is 27.5 Å². The Labute approximate surface area is 143 Å². The summed E-state index contributed by atoms with van der Waals surface area (Å²) in [5.41, 5.74) is 9.31. The van der Waals surface area contributed by atoms with Gasteiger partial charge in [0.05, 0.1) is 5.39 Å². The number of amides is 1. The van der Waals surface area contributed by atoms with E-state index in [1.54, 1.807) is 13.8 Å². The molecular weight excluding hydrogens is 322 g/mol. The van der Waals surface area contributed by atoms with Crippen LogP contribution in [0.15, 0.2) is 28.4 Å². The molecule has 0 aliphatic carbocycles. The second kappa shape index (κ2) is 5.87. The predicted octanol–water partition coefficient (Wildman–Crippen LogP) is 3.10. The number of carbonyl (C=O) groups is 1. The Morgan fingerprint density at radius 1 is 1.25 bits per heavy atom. The van der Waals surface area contributed by atoms with Gasteiger partial charge in [0, 0.05) is 10.9 Å². The topological polar surface area (TPSA) is 78.0 Å². The first-order chi connectivity index (χ1) is 11.3. The second-order valence-electron chi connectivity index (χ2n) is 6.06. The number of thiophene rings is 1. The Bertz CT molecular complexity index is 1020.